The SMILES string of the molecule is CCc1sc(C(=O)N2CCCC(N(C)CC(=O)O)CC2)cc1C. The molecule has 6 heteroatoms. The monoisotopic (exact) mass is 338 g/mol. The Bertz CT molecular complexity index is 570. The highest BCUT2D eigenvalue weighted by Crippen LogP contribution is 2.25. The number of carboxylic acid groups (broad SMARTS) is 1. The van der Waals surface area contributed by atoms with E-state index in [0.717, 1.165) is 37.1 Å². The van der Waals surface area contributed by atoms with Crippen molar-refractivity contribution in [2.75, 3.05) is 26.7 Å². The van der Waals surface area contributed by atoms with Crippen LogP contribution in [0.4, 0.5) is 0 Å². The molecule has 1 N–H and O–H groups in total. The molecule has 1 atom stereocenters. The quantitative estimate of drug-likeness (QED) is 0.896. The van der Waals surface area contributed by atoms with Crippen LogP contribution in [0.2, 0.25) is 0 Å². The Labute approximate surface area is 141 Å². The minimum Gasteiger partial charge on any atom is -0.480 e. The fourth-order valence-electron chi connectivity index (χ4n) is 3.20. The van der Waals surface area contributed by atoms with Gasteiger partial charge >= 0.3 is 5.97 Å². The summed E-state index contributed by atoms with van der Waals surface area (Å²) in [4.78, 5) is 29.5. The predicted octanol–water partition coefficient (Wildman–Crippen LogP) is 2.63. The Kier molecular flexibility index (Phi) is 6.18. The van der Waals surface area contributed by atoms with E-state index >= 15 is 0 Å². The zero-order chi connectivity index (χ0) is 17.0. The maximum atomic E-state index is 12.7. The van der Waals surface area contributed by atoms with Gasteiger partial charge in [0.25, 0.3) is 5.91 Å². The predicted molar refractivity (Wildman–Crippen MR) is 92.2 cm³/mol. The summed E-state index contributed by atoms with van der Waals surface area (Å²) in [5.74, 6) is -0.676. The van der Waals surface area contributed by atoms with Gasteiger partial charge in [-0.3, -0.25) is 14.5 Å². The fourth-order valence-corrected chi connectivity index (χ4v) is 4.28. The molecule has 0 radical (unpaired) electrons. The molecule has 1 amide bonds. The lowest BCUT2D eigenvalue weighted by Crippen LogP contribution is -2.37. The van der Waals surface area contributed by atoms with Crippen LogP contribution in [0.15, 0.2) is 6.07 Å². The van der Waals surface area contributed by atoms with Crippen LogP contribution in [0.5, 0.6) is 0 Å². The molecule has 0 aliphatic carbocycles. The summed E-state index contributed by atoms with van der Waals surface area (Å²) in [6.45, 7) is 5.69. The van der Waals surface area contributed by atoms with Gasteiger partial charge in [-0.2, -0.15) is 0 Å². The number of likely N-dealkylation sites (tertiary alicyclic amines) is 1. The van der Waals surface area contributed by atoms with Crippen LogP contribution in [-0.4, -0.2) is 59.5 Å². The van der Waals surface area contributed by atoms with Crippen LogP contribution in [0, 0.1) is 6.92 Å². The molecule has 1 aliphatic rings. The second-order valence-electron chi connectivity index (χ2n) is 6.26. The number of thiophene rings is 1. The van der Waals surface area contributed by atoms with Crippen molar-refractivity contribution >= 4 is 23.2 Å². The summed E-state index contributed by atoms with van der Waals surface area (Å²) in [6.07, 6.45) is 3.66. The van der Waals surface area contributed by atoms with E-state index in [9.17, 15) is 9.59 Å². The minimum atomic E-state index is -0.800. The maximum Gasteiger partial charge on any atom is 0.317 e. The number of hydrogen-bond donors (Lipinski definition) is 1. The average molecular weight is 338 g/mol. The molecule has 1 aromatic rings. The third-order valence-corrected chi connectivity index (χ3v) is 5.91. The number of aryl methyl sites for hydroxylation is 2. The van der Waals surface area contributed by atoms with Crippen molar-refractivity contribution in [1.29, 1.82) is 0 Å². The van der Waals surface area contributed by atoms with Crippen LogP contribution < -0.4 is 0 Å². The molecule has 1 aromatic heterocycles. The summed E-state index contributed by atoms with van der Waals surface area (Å²) in [5, 5.41) is 8.92. The van der Waals surface area contributed by atoms with Gasteiger partial charge < -0.3 is 10.0 Å². The van der Waals surface area contributed by atoms with E-state index in [4.69, 9.17) is 5.11 Å². The molecule has 1 fully saturated rings. The summed E-state index contributed by atoms with van der Waals surface area (Å²) >= 11 is 1.60. The van der Waals surface area contributed by atoms with Crippen molar-refractivity contribution in [2.24, 2.45) is 0 Å². The molecule has 0 saturated carbocycles. The van der Waals surface area contributed by atoms with Crippen molar-refractivity contribution in [3.8, 4) is 0 Å². The van der Waals surface area contributed by atoms with Crippen LogP contribution in [-0.2, 0) is 11.2 Å². The van der Waals surface area contributed by atoms with Crippen LogP contribution >= 0.6 is 11.3 Å². The van der Waals surface area contributed by atoms with Gasteiger partial charge in [0.1, 0.15) is 0 Å². The highest BCUT2D eigenvalue weighted by molar-refractivity contribution is 7.14. The lowest BCUT2D eigenvalue weighted by Gasteiger charge is -2.25. The second kappa shape index (κ2) is 7.93. The largest absolute Gasteiger partial charge is 0.480 e. The number of carbonyl (C=O) groups is 2. The first kappa shape index (κ1) is 17.9. The second-order valence-corrected chi connectivity index (χ2v) is 7.39. The number of carbonyl (C=O) groups excluding carboxylic acids is 1. The van der Waals surface area contributed by atoms with Crippen molar-refractivity contribution in [3.05, 3.63) is 21.4 Å². The number of amides is 1. The van der Waals surface area contributed by atoms with Crippen molar-refractivity contribution in [2.45, 2.75) is 45.6 Å². The van der Waals surface area contributed by atoms with Gasteiger partial charge in [-0.05, 0) is 51.3 Å². The number of likely N-dealkylation sites (N-methyl/N-ethyl adjacent to an activating group) is 1. The Hall–Kier alpha value is -1.40. The fraction of sp³-hybridized carbons (Fsp3) is 0.647. The number of carboxylic acids is 1. The molecule has 2 rings (SSSR count). The third kappa shape index (κ3) is 4.54. The first-order valence-corrected chi connectivity index (χ1v) is 9.04. The van der Waals surface area contributed by atoms with E-state index in [2.05, 4.69) is 13.8 Å². The van der Waals surface area contributed by atoms with Crippen molar-refractivity contribution < 1.29 is 14.7 Å². The summed E-state index contributed by atoms with van der Waals surface area (Å²) in [7, 11) is 1.85. The molecule has 23 heavy (non-hydrogen) atoms. The molecule has 0 bridgehead atoms. The van der Waals surface area contributed by atoms with Gasteiger partial charge in [0, 0.05) is 24.0 Å². The van der Waals surface area contributed by atoms with Gasteiger partial charge in [0.05, 0.1) is 11.4 Å². The average Bonchev–Trinajstić information content (AvgIpc) is 2.72. The van der Waals surface area contributed by atoms with Gasteiger partial charge in [0.2, 0.25) is 0 Å². The molecule has 0 spiro atoms. The van der Waals surface area contributed by atoms with Crippen LogP contribution in [0.3, 0.4) is 0 Å². The van der Waals surface area contributed by atoms with E-state index < -0.39 is 5.97 Å². The maximum absolute atomic E-state index is 12.7. The molecule has 2 heterocycles. The van der Waals surface area contributed by atoms with E-state index in [-0.39, 0.29) is 18.5 Å². The van der Waals surface area contributed by atoms with Crippen LogP contribution in [0.1, 0.15) is 46.3 Å². The molecule has 5 nitrogen and oxygen atoms in total. The smallest absolute Gasteiger partial charge is 0.317 e. The summed E-state index contributed by atoms with van der Waals surface area (Å²) in [5.41, 5.74) is 1.20. The number of rotatable bonds is 5. The zero-order valence-electron chi connectivity index (χ0n) is 14.2. The summed E-state index contributed by atoms with van der Waals surface area (Å²) in [6, 6.07) is 2.24. The van der Waals surface area contributed by atoms with E-state index in [1.54, 1.807) is 11.3 Å². The van der Waals surface area contributed by atoms with E-state index in [1.165, 1.54) is 10.4 Å². The topological polar surface area (TPSA) is 60.9 Å². The molecule has 1 aliphatic heterocycles. The molecular formula is C17H26N2O3S. The Morgan fingerprint density at radius 1 is 1.39 bits per heavy atom. The highest BCUT2D eigenvalue weighted by Gasteiger charge is 2.25. The molecule has 1 unspecified atom stereocenters. The lowest BCUT2D eigenvalue weighted by atomic mass is 10.1. The van der Waals surface area contributed by atoms with Crippen molar-refractivity contribution in [3.63, 3.8) is 0 Å². The molecule has 128 valence electrons. The number of nitrogens with zero attached hydrogens (tertiary/aromatic N) is 2. The highest BCUT2D eigenvalue weighted by atomic mass is 32.1. The Morgan fingerprint density at radius 3 is 2.74 bits per heavy atom. The zero-order valence-corrected chi connectivity index (χ0v) is 15.0. The standard InChI is InChI=1S/C17H26N2O3S/c1-4-14-12(2)10-15(23-14)17(22)19-8-5-6-13(7-9-19)18(3)11-16(20)21/h10,13H,4-9,11H2,1-3H3,(H,20,21). The lowest BCUT2D eigenvalue weighted by molar-refractivity contribution is -0.138. The van der Waals surface area contributed by atoms with Gasteiger partial charge in [-0.25, -0.2) is 0 Å². The van der Waals surface area contributed by atoms with E-state index in [1.807, 2.05) is 22.9 Å². The normalized spacial score (nSPS) is 19.0. The molecule has 1 saturated heterocycles. The Morgan fingerprint density at radius 2 is 2.13 bits per heavy atom. The minimum absolute atomic E-state index is 0.0581. The third-order valence-electron chi connectivity index (χ3n) is 4.55. The van der Waals surface area contributed by atoms with Gasteiger partial charge in [0.15, 0.2) is 0 Å². The Balaban J connectivity index is 1.99. The molecule has 0 aromatic carbocycles. The summed E-state index contributed by atoms with van der Waals surface area (Å²) < 4.78 is 0. The van der Waals surface area contributed by atoms with E-state index in [0.29, 0.717) is 6.54 Å². The van der Waals surface area contributed by atoms with Gasteiger partial charge in [-0.15, -0.1) is 11.3 Å². The van der Waals surface area contributed by atoms with Crippen LogP contribution in [0.25, 0.3) is 0 Å². The number of hydrogen-bond acceptors (Lipinski definition) is 4. The van der Waals surface area contributed by atoms with Gasteiger partial charge in [-0.1, -0.05) is 6.92 Å². The molecular weight excluding hydrogens is 312 g/mol. The first-order valence-electron chi connectivity index (χ1n) is 8.23. The number of aliphatic carboxylic acids is 1. The first-order chi connectivity index (χ1) is 10.9. The van der Waals surface area contributed by atoms with Crippen molar-refractivity contribution in [1.82, 2.24) is 9.80 Å².